The second-order valence-corrected chi connectivity index (χ2v) is 2.78. The summed E-state index contributed by atoms with van der Waals surface area (Å²) in [5.74, 6) is 4.24. The Morgan fingerprint density at radius 1 is 1.46 bits per heavy atom. The zero-order chi connectivity index (χ0) is 10.3. The summed E-state index contributed by atoms with van der Waals surface area (Å²) >= 11 is 0. The molecule has 1 amide bonds. The Hall–Kier alpha value is -1.05. The molecular formula is C9H15NO3. The Labute approximate surface area is 78.0 Å². The third-order valence-electron chi connectivity index (χ3n) is 1.90. The molecule has 0 bridgehead atoms. The molecule has 0 aliphatic heterocycles. The molecule has 0 heterocycles. The van der Waals surface area contributed by atoms with Gasteiger partial charge in [0.25, 0.3) is 5.91 Å². The Kier molecular flexibility index (Phi) is 5.12. The second kappa shape index (κ2) is 5.57. The quantitative estimate of drug-likeness (QED) is 0.505. The van der Waals surface area contributed by atoms with E-state index in [4.69, 9.17) is 10.2 Å². The van der Waals surface area contributed by atoms with Gasteiger partial charge in [-0.2, -0.15) is 0 Å². The number of nitrogens with one attached hydrogen (secondary N) is 1. The Morgan fingerprint density at radius 3 is 2.31 bits per heavy atom. The number of aliphatic hydroxyl groups excluding tert-OH is 2. The second-order valence-electron chi connectivity index (χ2n) is 2.78. The molecule has 0 aromatic carbocycles. The van der Waals surface area contributed by atoms with E-state index in [2.05, 4.69) is 17.2 Å². The summed E-state index contributed by atoms with van der Waals surface area (Å²) in [4.78, 5) is 11.0. The van der Waals surface area contributed by atoms with E-state index in [1.807, 2.05) is 0 Å². The summed E-state index contributed by atoms with van der Waals surface area (Å²) in [7, 11) is 0. The van der Waals surface area contributed by atoms with Crippen molar-refractivity contribution in [3.63, 3.8) is 0 Å². The highest BCUT2D eigenvalue weighted by Gasteiger charge is 2.27. The van der Waals surface area contributed by atoms with Gasteiger partial charge in [-0.15, -0.1) is 0 Å². The number of amides is 1. The van der Waals surface area contributed by atoms with Crippen LogP contribution in [-0.4, -0.2) is 34.9 Å². The summed E-state index contributed by atoms with van der Waals surface area (Å²) in [6.45, 7) is 2.73. The standard InChI is InChI=1S/C9H15NO3/c1-3-5-8(13)10-9(4-2,6-11)7-12/h11-12H,4,6-7H2,1-2H3,(H,10,13). The number of aliphatic hydroxyl groups is 2. The minimum absolute atomic E-state index is 0.295. The van der Waals surface area contributed by atoms with E-state index in [1.54, 1.807) is 13.8 Å². The van der Waals surface area contributed by atoms with Crippen molar-refractivity contribution in [2.75, 3.05) is 13.2 Å². The van der Waals surface area contributed by atoms with Crippen LogP contribution in [0.2, 0.25) is 0 Å². The Balaban J connectivity index is 4.38. The lowest BCUT2D eigenvalue weighted by molar-refractivity contribution is -0.118. The predicted molar refractivity (Wildman–Crippen MR) is 48.8 cm³/mol. The van der Waals surface area contributed by atoms with Crippen LogP contribution in [0.4, 0.5) is 0 Å². The zero-order valence-corrected chi connectivity index (χ0v) is 7.92. The molecule has 0 rings (SSSR count). The molecule has 0 unspecified atom stereocenters. The number of rotatable bonds is 4. The summed E-state index contributed by atoms with van der Waals surface area (Å²) in [5, 5.41) is 20.4. The van der Waals surface area contributed by atoms with Crippen LogP contribution in [-0.2, 0) is 4.79 Å². The van der Waals surface area contributed by atoms with Gasteiger partial charge in [0, 0.05) is 0 Å². The number of hydrogen-bond acceptors (Lipinski definition) is 3. The first-order chi connectivity index (χ1) is 6.14. The molecule has 13 heavy (non-hydrogen) atoms. The maximum atomic E-state index is 11.0. The molecule has 0 aliphatic rings. The summed E-state index contributed by atoms with van der Waals surface area (Å²) in [6.07, 6.45) is 0.455. The van der Waals surface area contributed by atoms with Crippen molar-refractivity contribution < 1.29 is 15.0 Å². The topological polar surface area (TPSA) is 69.6 Å². The van der Waals surface area contributed by atoms with Gasteiger partial charge in [0.05, 0.1) is 18.8 Å². The largest absolute Gasteiger partial charge is 0.394 e. The molecular weight excluding hydrogens is 170 g/mol. The molecule has 0 radical (unpaired) electrons. The van der Waals surface area contributed by atoms with E-state index in [0.29, 0.717) is 6.42 Å². The van der Waals surface area contributed by atoms with E-state index >= 15 is 0 Å². The van der Waals surface area contributed by atoms with E-state index < -0.39 is 11.4 Å². The van der Waals surface area contributed by atoms with E-state index in [1.165, 1.54) is 0 Å². The van der Waals surface area contributed by atoms with Crippen molar-refractivity contribution in [1.29, 1.82) is 0 Å². The van der Waals surface area contributed by atoms with Crippen LogP contribution in [0.25, 0.3) is 0 Å². The number of carbonyl (C=O) groups is 1. The molecule has 4 nitrogen and oxygen atoms in total. The Bertz CT molecular complexity index is 214. The molecule has 3 N–H and O–H groups in total. The van der Waals surface area contributed by atoms with Crippen LogP contribution in [0.3, 0.4) is 0 Å². The van der Waals surface area contributed by atoms with Gasteiger partial charge in [-0.25, -0.2) is 0 Å². The van der Waals surface area contributed by atoms with Gasteiger partial charge >= 0.3 is 0 Å². The third kappa shape index (κ3) is 3.45. The lowest BCUT2D eigenvalue weighted by Crippen LogP contribution is -2.53. The predicted octanol–water partition coefficient (Wildman–Crippen LogP) is -0.741. The average Bonchev–Trinajstić information content (AvgIpc) is 2.15. The fraction of sp³-hybridized carbons (Fsp3) is 0.667. The van der Waals surface area contributed by atoms with Gasteiger partial charge in [0.2, 0.25) is 0 Å². The van der Waals surface area contributed by atoms with Gasteiger partial charge in [-0.05, 0) is 19.3 Å². The minimum atomic E-state index is -0.944. The van der Waals surface area contributed by atoms with Crippen LogP contribution in [0.1, 0.15) is 20.3 Å². The fourth-order valence-electron chi connectivity index (χ4n) is 0.827. The lowest BCUT2D eigenvalue weighted by atomic mass is 9.98. The number of carbonyl (C=O) groups excluding carboxylic acids is 1. The zero-order valence-electron chi connectivity index (χ0n) is 7.92. The minimum Gasteiger partial charge on any atom is -0.394 e. The Morgan fingerprint density at radius 2 is 2.00 bits per heavy atom. The third-order valence-corrected chi connectivity index (χ3v) is 1.90. The molecule has 0 aromatic heterocycles. The first-order valence-corrected chi connectivity index (χ1v) is 4.10. The summed E-state index contributed by atoms with van der Waals surface area (Å²) in [5.41, 5.74) is -0.944. The van der Waals surface area contributed by atoms with E-state index in [0.717, 1.165) is 0 Å². The molecule has 0 saturated carbocycles. The van der Waals surface area contributed by atoms with Crippen LogP contribution >= 0.6 is 0 Å². The van der Waals surface area contributed by atoms with Gasteiger partial charge in [0.15, 0.2) is 0 Å². The molecule has 0 aromatic rings. The van der Waals surface area contributed by atoms with Crippen molar-refractivity contribution in [2.45, 2.75) is 25.8 Å². The maximum Gasteiger partial charge on any atom is 0.296 e. The number of hydrogen-bond donors (Lipinski definition) is 3. The van der Waals surface area contributed by atoms with Crippen molar-refractivity contribution in [3.05, 3.63) is 0 Å². The van der Waals surface area contributed by atoms with Crippen LogP contribution in [0.5, 0.6) is 0 Å². The van der Waals surface area contributed by atoms with E-state index in [9.17, 15) is 4.79 Å². The van der Waals surface area contributed by atoms with Gasteiger partial charge < -0.3 is 15.5 Å². The monoisotopic (exact) mass is 185 g/mol. The SMILES string of the molecule is CC#CC(=O)NC(CC)(CO)CO. The highest BCUT2D eigenvalue weighted by atomic mass is 16.3. The maximum absolute atomic E-state index is 11.0. The smallest absolute Gasteiger partial charge is 0.296 e. The molecule has 0 fully saturated rings. The molecule has 0 aliphatic carbocycles. The van der Waals surface area contributed by atoms with Crippen molar-refractivity contribution in [3.8, 4) is 11.8 Å². The first kappa shape index (κ1) is 11.9. The lowest BCUT2D eigenvalue weighted by Gasteiger charge is -2.28. The van der Waals surface area contributed by atoms with Gasteiger partial charge in [-0.1, -0.05) is 12.8 Å². The highest BCUT2D eigenvalue weighted by molar-refractivity contribution is 5.93. The van der Waals surface area contributed by atoms with Crippen LogP contribution in [0.15, 0.2) is 0 Å². The first-order valence-electron chi connectivity index (χ1n) is 4.10. The van der Waals surface area contributed by atoms with Gasteiger partial charge in [0.1, 0.15) is 0 Å². The average molecular weight is 185 g/mol. The molecule has 0 atom stereocenters. The van der Waals surface area contributed by atoms with Crippen LogP contribution < -0.4 is 5.32 Å². The normalized spacial score (nSPS) is 10.2. The van der Waals surface area contributed by atoms with Crippen molar-refractivity contribution >= 4 is 5.91 Å². The van der Waals surface area contributed by atoms with Crippen LogP contribution in [0, 0.1) is 11.8 Å². The molecule has 0 saturated heterocycles. The molecule has 74 valence electrons. The van der Waals surface area contributed by atoms with E-state index in [-0.39, 0.29) is 13.2 Å². The molecule has 0 spiro atoms. The summed E-state index contributed by atoms with van der Waals surface area (Å²) in [6, 6.07) is 0. The summed E-state index contributed by atoms with van der Waals surface area (Å²) < 4.78 is 0. The molecule has 4 heteroatoms. The fourth-order valence-corrected chi connectivity index (χ4v) is 0.827. The van der Waals surface area contributed by atoms with Crippen molar-refractivity contribution in [2.24, 2.45) is 0 Å². The highest BCUT2D eigenvalue weighted by Crippen LogP contribution is 2.07. The van der Waals surface area contributed by atoms with Crippen molar-refractivity contribution in [1.82, 2.24) is 5.32 Å². The van der Waals surface area contributed by atoms with Gasteiger partial charge in [-0.3, -0.25) is 4.79 Å².